The van der Waals surface area contributed by atoms with E-state index in [0.717, 1.165) is 17.7 Å². The number of hydrogen-bond acceptors (Lipinski definition) is 3. The van der Waals surface area contributed by atoms with E-state index in [1.165, 1.54) is 0 Å². The van der Waals surface area contributed by atoms with Crippen molar-refractivity contribution < 1.29 is 14.7 Å². The van der Waals surface area contributed by atoms with Gasteiger partial charge in [-0.05, 0) is 37.1 Å². The maximum atomic E-state index is 12.5. The van der Waals surface area contributed by atoms with Crippen LogP contribution in [0.2, 0.25) is 0 Å². The Morgan fingerprint density at radius 1 is 1.19 bits per heavy atom. The average molecular weight is 292 g/mol. The zero-order valence-electron chi connectivity index (χ0n) is 13.2. The summed E-state index contributed by atoms with van der Waals surface area (Å²) in [5.41, 5.74) is 2.71. The Morgan fingerprint density at radius 3 is 2.33 bits per heavy atom. The maximum absolute atomic E-state index is 12.5. The summed E-state index contributed by atoms with van der Waals surface area (Å²) >= 11 is 0. The highest BCUT2D eigenvalue weighted by Gasteiger charge is 2.17. The third-order valence-corrected chi connectivity index (χ3v) is 3.30. The maximum Gasteiger partial charge on any atom is 0.305 e. The number of aliphatic carboxylic acids is 1. The molecule has 0 aliphatic heterocycles. The van der Waals surface area contributed by atoms with Crippen LogP contribution in [0.25, 0.3) is 0 Å². The van der Waals surface area contributed by atoms with Crippen LogP contribution in [0.1, 0.15) is 35.7 Å². The van der Waals surface area contributed by atoms with Gasteiger partial charge in [-0.25, -0.2) is 0 Å². The fourth-order valence-corrected chi connectivity index (χ4v) is 2.29. The quantitative estimate of drug-likeness (QED) is 0.838. The number of nitrogens with zero attached hydrogens (tertiary/aromatic N) is 2. The fraction of sp³-hybridized carbons (Fsp3) is 0.500. The van der Waals surface area contributed by atoms with Crippen molar-refractivity contribution in [1.82, 2.24) is 4.90 Å². The van der Waals surface area contributed by atoms with Gasteiger partial charge in [0, 0.05) is 38.4 Å². The number of amides is 1. The predicted molar refractivity (Wildman–Crippen MR) is 84.0 cm³/mol. The Balaban J connectivity index is 2.92. The van der Waals surface area contributed by atoms with Crippen molar-refractivity contribution in [3.63, 3.8) is 0 Å². The van der Waals surface area contributed by atoms with Crippen molar-refractivity contribution >= 4 is 17.6 Å². The molecular weight excluding hydrogens is 268 g/mol. The van der Waals surface area contributed by atoms with Crippen molar-refractivity contribution in [2.24, 2.45) is 0 Å². The molecule has 0 unspecified atom stereocenters. The minimum atomic E-state index is -0.886. The van der Waals surface area contributed by atoms with E-state index < -0.39 is 5.97 Å². The van der Waals surface area contributed by atoms with Gasteiger partial charge in [0.2, 0.25) is 0 Å². The smallest absolute Gasteiger partial charge is 0.305 e. The summed E-state index contributed by atoms with van der Waals surface area (Å²) in [7, 11) is 3.92. The van der Waals surface area contributed by atoms with Gasteiger partial charge in [-0.15, -0.1) is 0 Å². The molecule has 1 amide bonds. The lowest BCUT2D eigenvalue weighted by Crippen LogP contribution is -2.33. The van der Waals surface area contributed by atoms with Gasteiger partial charge in [0.15, 0.2) is 0 Å². The topological polar surface area (TPSA) is 60.9 Å². The summed E-state index contributed by atoms with van der Waals surface area (Å²) < 4.78 is 0. The van der Waals surface area contributed by atoms with Gasteiger partial charge < -0.3 is 14.9 Å². The van der Waals surface area contributed by atoms with Crippen molar-refractivity contribution in [2.75, 3.05) is 32.1 Å². The van der Waals surface area contributed by atoms with E-state index in [-0.39, 0.29) is 18.9 Å². The van der Waals surface area contributed by atoms with Crippen LogP contribution in [0, 0.1) is 6.92 Å². The number of hydrogen-bond donors (Lipinski definition) is 1. The van der Waals surface area contributed by atoms with Crippen LogP contribution in [-0.4, -0.2) is 49.1 Å². The molecule has 116 valence electrons. The lowest BCUT2D eigenvalue weighted by atomic mass is 10.1. The lowest BCUT2D eigenvalue weighted by molar-refractivity contribution is -0.137. The molecular formula is C16H24N2O3. The molecule has 0 saturated heterocycles. The Kier molecular flexibility index (Phi) is 6.21. The van der Waals surface area contributed by atoms with Gasteiger partial charge in [-0.1, -0.05) is 6.92 Å². The van der Waals surface area contributed by atoms with E-state index in [2.05, 4.69) is 0 Å². The van der Waals surface area contributed by atoms with Crippen LogP contribution >= 0.6 is 0 Å². The zero-order valence-corrected chi connectivity index (χ0v) is 13.2. The number of anilines is 1. The third kappa shape index (κ3) is 4.77. The Hall–Kier alpha value is -2.04. The second kappa shape index (κ2) is 7.67. The molecule has 21 heavy (non-hydrogen) atoms. The number of carboxylic acid groups (broad SMARTS) is 1. The van der Waals surface area contributed by atoms with Crippen molar-refractivity contribution in [2.45, 2.75) is 26.7 Å². The Bertz CT molecular complexity index is 512. The van der Waals surface area contributed by atoms with Gasteiger partial charge in [-0.3, -0.25) is 9.59 Å². The number of carbonyl (C=O) groups is 2. The van der Waals surface area contributed by atoms with E-state index in [4.69, 9.17) is 5.11 Å². The first kappa shape index (κ1) is 17.0. The zero-order chi connectivity index (χ0) is 16.0. The molecule has 0 heterocycles. The van der Waals surface area contributed by atoms with Crippen molar-refractivity contribution in [3.8, 4) is 0 Å². The van der Waals surface area contributed by atoms with Crippen molar-refractivity contribution in [1.29, 1.82) is 0 Å². The molecule has 0 radical (unpaired) electrons. The van der Waals surface area contributed by atoms with Gasteiger partial charge in [-0.2, -0.15) is 0 Å². The molecule has 1 rings (SSSR count). The molecule has 0 aliphatic rings. The summed E-state index contributed by atoms with van der Waals surface area (Å²) in [5.74, 6) is -0.991. The molecule has 5 nitrogen and oxygen atoms in total. The van der Waals surface area contributed by atoms with E-state index in [9.17, 15) is 9.59 Å². The highest BCUT2D eigenvalue weighted by molar-refractivity contribution is 5.95. The Labute approximate surface area is 126 Å². The lowest BCUT2D eigenvalue weighted by Gasteiger charge is -2.22. The molecule has 0 saturated carbocycles. The largest absolute Gasteiger partial charge is 0.481 e. The number of aryl methyl sites for hydroxylation is 1. The molecule has 1 N–H and O–H groups in total. The van der Waals surface area contributed by atoms with Crippen LogP contribution in [0.4, 0.5) is 5.69 Å². The molecule has 1 aromatic carbocycles. The molecule has 0 bridgehead atoms. The van der Waals surface area contributed by atoms with Crippen LogP contribution in [0.5, 0.6) is 0 Å². The average Bonchev–Trinajstić information content (AvgIpc) is 2.41. The summed E-state index contributed by atoms with van der Waals surface area (Å²) in [6.07, 6.45) is 0.778. The molecule has 0 aromatic heterocycles. The summed E-state index contributed by atoms with van der Waals surface area (Å²) in [6, 6.07) is 5.58. The first-order chi connectivity index (χ1) is 9.86. The number of carbonyl (C=O) groups excluding carboxylic acids is 1. The highest BCUT2D eigenvalue weighted by Crippen LogP contribution is 2.20. The van der Waals surface area contributed by atoms with Gasteiger partial charge in [0.1, 0.15) is 0 Å². The molecule has 5 heteroatoms. The van der Waals surface area contributed by atoms with E-state index in [1.807, 2.05) is 45.0 Å². The number of benzene rings is 1. The molecule has 1 aromatic rings. The minimum Gasteiger partial charge on any atom is -0.481 e. The van der Waals surface area contributed by atoms with E-state index in [1.54, 1.807) is 11.0 Å². The summed E-state index contributed by atoms with van der Waals surface area (Å²) in [6.45, 7) is 4.76. The first-order valence-electron chi connectivity index (χ1n) is 7.15. The van der Waals surface area contributed by atoms with Gasteiger partial charge >= 0.3 is 5.97 Å². The predicted octanol–water partition coefficient (Wildman–Crippen LogP) is 2.39. The third-order valence-electron chi connectivity index (χ3n) is 3.30. The standard InChI is InChI=1S/C16H24N2O3/c1-5-9-18(10-8-15(19)20)16(21)13-6-7-14(17(3)4)12(2)11-13/h6-7,11H,5,8-10H2,1-4H3,(H,19,20). The summed E-state index contributed by atoms with van der Waals surface area (Å²) in [5, 5.41) is 8.78. The molecule has 0 spiro atoms. The highest BCUT2D eigenvalue weighted by atomic mass is 16.4. The Morgan fingerprint density at radius 2 is 1.86 bits per heavy atom. The van der Waals surface area contributed by atoms with Crippen LogP contribution in [0.3, 0.4) is 0 Å². The fourth-order valence-electron chi connectivity index (χ4n) is 2.29. The number of carboxylic acids is 1. The second-order valence-electron chi connectivity index (χ2n) is 5.33. The van der Waals surface area contributed by atoms with E-state index in [0.29, 0.717) is 12.1 Å². The van der Waals surface area contributed by atoms with Gasteiger partial charge in [0.05, 0.1) is 6.42 Å². The monoisotopic (exact) mass is 292 g/mol. The SMILES string of the molecule is CCCN(CCC(=O)O)C(=O)c1ccc(N(C)C)c(C)c1. The normalized spacial score (nSPS) is 10.3. The molecule has 0 atom stereocenters. The van der Waals surface area contributed by atoms with E-state index >= 15 is 0 Å². The van der Waals surface area contributed by atoms with Crippen LogP contribution in [0.15, 0.2) is 18.2 Å². The molecule has 0 aliphatic carbocycles. The molecule has 0 fully saturated rings. The van der Waals surface area contributed by atoms with Gasteiger partial charge in [0.25, 0.3) is 5.91 Å². The summed E-state index contributed by atoms with van der Waals surface area (Å²) in [4.78, 5) is 26.8. The van der Waals surface area contributed by atoms with Crippen molar-refractivity contribution in [3.05, 3.63) is 29.3 Å². The van der Waals surface area contributed by atoms with Crippen LogP contribution < -0.4 is 4.90 Å². The minimum absolute atomic E-state index is 0.0273. The number of rotatable bonds is 7. The van der Waals surface area contributed by atoms with Crippen LogP contribution in [-0.2, 0) is 4.79 Å². The first-order valence-corrected chi connectivity index (χ1v) is 7.15. The second-order valence-corrected chi connectivity index (χ2v) is 5.33.